The average molecular weight is 306 g/mol. The van der Waals surface area contributed by atoms with Crippen LogP contribution in [-0.2, 0) is 9.59 Å². The molecular weight excluding hydrogens is 292 g/mol. The molecule has 4 amide bonds. The minimum Gasteiger partial charge on any atom is -0.497 e. The molecule has 110 valence electrons. The number of thiol groups is 1. The molecule has 2 N–H and O–H groups in total. The predicted molar refractivity (Wildman–Crippen MR) is 80.0 cm³/mol. The Morgan fingerprint density at radius 2 is 1.71 bits per heavy atom. The molecule has 0 saturated carbocycles. The number of benzene rings is 1. The summed E-state index contributed by atoms with van der Waals surface area (Å²) < 4.78 is 5.05. The fraction of sp³-hybridized carbons (Fsp3) is 0.214. The number of carbonyl (C=O) groups is 3. The van der Waals surface area contributed by atoms with E-state index in [1.807, 2.05) is 22.8 Å². The first-order chi connectivity index (χ1) is 10.0. The summed E-state index contributed by atoms with van der Waals surface area (Å²) in [5.74, 6) is -1.61. The zero-order valence-corrected chi connectivity index (χ0v) is 12.1. The van der Waals surface area contributed by atoms with Gasteiger partial charge in [0.05, 0.1) is 7.11 Å². The van der Waals surface area contributed by atoms with Crippen LogP contribution in [0.2, 0.25) is 0 Å². The van der Waals surface area contributed by atoms with Gasteiger partial charge in [0.2, 0.25) is 11.8 Å². The second-order valence-corrected chi connectivity index (χ2v) is 5.00. The average Bonchev–Trinajstić information content (AvgIpc) is 2.44. The van der Waals surface area contributed by atoms with E-state index in [0.717, 1.165) is 11.3 Å². The third kappa shape index (κ3) is 3.63. The fourth-order valence-corrected chi connectivity index (χ4v) is 2.23. The number of methoxy groups -OCH3 is 1. The van der Waals surface area contributed by atoms with Crippen LogP contribution in [0.25, 0.3) is 6.08 Å². The van der Waals surface area contributed by atoms with Crippen LogP contribution in [0.15, 0.2) is 30.3 Å². The molecular formula is C14H14N2O4S. The van der Waals surface area contributed by atoms with Crippen molar-refractivity contribution >= 4 is 36.6 Å². The number of barbiturate groups is 1. The van der Waals surface area contributed by atoms with Gasteiger partial charge in [-0.1, -0.05) is 24.3 Å². The van der Waals surface area contributed by atoms with E-state index in [-0.39, 0.29) is 0 Å². The number of imide groups is 2. The summed E-state index contributed by atoms with van der Waals surface area (Å²) in [6.07, 6.45) is 3.37. The van der Waals surface area contributed by atoms with E-state index in [1.54, 1.807) is 31.4 Å². The monoisotopic (exact) mass is 306 g/mol. The first kappa shape index (κ1) is 15.1. The van der Waals surface area contributed by atoms with Crippen LogP contribution in [0.3, 0.4) is 0 Å². The molecule has 0 aromatic heterocycles. The minimum atomic E-state index is -1.04. The molecule has 0 spiro atoms. The van der Waals surface area contributed by atoms with Crippen molar-refractivity contribution in [3.63, 3.8) is 0 Å². The fourth-order valence-electron chi connectivity index (χ4n) is 1.88. The van der Waals surface area contributed by atoms with Crippen molar-refractivity contribution in [3.05, 3.63) is 35.9 Å². The summed E-state index contributed by atoms with van der Waals surface area (Å²) in [6.45, 7) is 0. The summed E-state index contributed by atoms with van der Waals surface area (Å²) in [5, 5.41) is 3.45. The van der Waals surface area contributed by atoms with Crippen molar-refractivity contribution in [1.82, 2.24) is 10.6 Å². The van der Waals surface area contributed by atoms with E-state index in [2.05, 4.69) is 12.6 Å². The highest BCUT2D eigenvalue weighted by molar-refractivity contribution is 7.81. The Morgan fingerprint density at radius 1 is 1.14 bits per heavy atom. The Morgan fingerprint density at radius 3 is 2.24 bits per heavy atom. The van der Waals surface area contributed by atoms with Crippen LogP contribution in [0, 0.1) is 5.92 Å². The second-order valence-electron chi connectivity index (χ2n) is 4.41. The number of hydrogen-bond acceptors (Lipinski definition) is 5. The van der Waals surface area contributed by atoms with E-state index in [4.69, 9.17) is 4.74 Å². The molecule has 1 aromatic rings. The van der Waals surface area contributed by atoms with Gasteiger partial charge in [0.15, 0.2) is 0 Å². The molecule has 1 aliphatic heterocycles. The molecule has 0 bridgehead atoms. The van der Waals surface area contributed by atoms with Crippen molar-refractivity contribution in [3.8, 4) is 5.75 Å². The normalized spacial score (nSPS) is 17.5. The van der Waals surface area contributed by atoms with Gasteiger partial charge in [0, 0.05) is 5.25 Å². The van der Waals surface area contributed by atoms with Crippen LogP contribution in [0.4, 0.5) is 4.79 Å². The Bertz CT molecular complexity index is 577. The summed E-state index contributed by atoms with van der Waals surface area (Å²) in [7, 11) is 1.58. The molecule has 1 fully saturated rings. The molecule has 1 atom stereocenters. The van der Waals surface area contributed by atoms with E-state index in [1.165, 1.54) is 0 Å². The topological polar surface area (TPSA) is 84.5 Å². The van der Waals surface area contributed by atoms with E-state index < -0.39 is 29.0 Å². The Labute approximate surface area is 127 Å². The van der Waals surface area contributed by atoms with Gasteiger partial charge < -0.3 is 4.74 Å². The lowest BCUT2D eigenvalue weighted by Crippen LogP contribution is -2.57. The maximum Gasteiger partial charge on any atom is 0.328 e. The van der Waals surface area contributed by atoms with E-state index >= 15 is 0 Å². The number of ether oxygens (including phenoxy) is 1. The Kier molecular flexibility index (Phi) is 4.64. The van der Waals surface area contributed by atoms with Crippen molar-refractivity contribution in [2.75, 3.05) is 7.11 Å². The van der Waals surface area contributed by atoms with E-state index in [9.17, 15) is 14.4 Å². The summed E-state index contributed by atoms with van der Waals surface area (Å²) in [4.78, 5) is 34.3. The first-order valence-corrected chi connectivity index (χ1v) is 6.69. The number of hydrogen-bond donors (Lipinski definition) is 3. The number of carbonyl (C=O) groups excluding carboxylic acids is 3. The van der Waals surface area contributed by atoms with Gasteiger partial charge in [-0.15, -0.1) is 0 Å². The molecule has 0 radical (unpaired) electrons. The van der Waals surface area contributed by atoms with Crippen molar-refractivity contribution in [2.45, 2.75) is 5.25 Å². The maximum atomic E-state index is 11.7. The standard InChI is InChI=1S/C14H14N2O4S/c1-20-9-5-2-8(3-6-9)4-7-10(21)11-12(17)15-14(19)16-13(11)18/h2-7,10-11,21H,1H3,(H2,15,16,17,18,19)/b7-4+. The lowest BCUT2D eigenvalue weighted by Gasteiger charge is -2.23. The van der Waals surface area contributed by atoms with Crippen LogP contribution < -0.4 is 15.4 Å². The Hall–Kier alpha value is -2.28. The van der Waals surface area contributed by atoms with Gasteiger partial charge in [-0.25, -0.2) is 4.79 Å². The molecule has 1 aliphatic rings. The highest BCUT2D eigenvalue weighted by atomic mass is 32.1. The smallest absolute Gasteiger partial charge is 0.328 e. The number of nitrogens with one attached hydrogen (secondary N) is 2. The van der Waals surface area contributed by atoms with Gasteiger partial charge in [-0.05, 0) is 17.7 Å². The molecule has 2 rings (SSSR count). The first-order valence-electron chi connectivity index (χ1n) is 6.17. The molecule has 21 heavy (non-hydrogen) atoms. The quantitative estimate of drug-likeness (QED) is 0.572. The molecule has 1 unspecified atom stereocenters. The molecule has 7 heteroatoms. The molecule has 0 aliphatic carbocycles. The largest absolute Gasteiger partial charge is 0.497 e. The van der Waals surface area contributed by atoms with Crippen LogP contribution in [0.5, 0.6) is 5.75 Å². The molecule has 1 aromatic carbocycles. The number of rotatable bonds is 4. The van der Waals surface area contributed by atoms with Crippen LogP contribution in [-0.4, -0.2) is 30.2 Å². The molecule has 6 nitrogen and oxygen atoms in total. The van der Waals surface area contributed by atoms with E-state index in [0.29, 0.717) is 0 Å². The third-order valence-electron chi connectivity index (χ3n) is 2.98. The summed E-state index contributed by atoms with van der Waals surface area (Å²) in [6, 6.07) is 6.46. The highest BCUT2D eigenvalue weighted by Crippen LogP contribution is 2.18. The predicted octanol–water partition coefficient (Wildman–Crippen LogP) is 0.989. The lowest BCUT2D eigenvalue weighted by atomic mass is 10.0. The van der Waals surface area contributed by atoms with Crippen molar-refractivity contribution in [1.29, 1.82) is 0 Å². The molecule has 1 heterocycles. The zero-order chi connectivity index (χ0) is 15.4. The third-order valence-corrected chi connectivity index (χ3v) is 3.45. The SMILES string of the molecule is COc1ccc(/C=C/C(S)C2C(=O)NC(=O)NC2=O)cc1. The van der Waals surface area contributed by atoms with Gasteiger partial charge >= 0.3 is 6.03 Å². The molecule has 1 saturated heterocycles. The van der Waals surface area contributed by atoms with Crippen LogP contribution in [0.1, 0.15) is 5.56 Å². The number of urea groups is 1. The highest BCUT2D eigenvalue weighted by Gasteiger charge is 2.37. The lowest BCUT2D eigenvalue weighted by molar-refractivity contribution is -0.135. The summed E-state index contributed by atoms with van der Waals surface area (Å²) >= 11 is 4.25. The van der Waals surface area contributed by atoms with Crippen molar-refractivity contribution in [2.24, 2.45) is 5.92 Å². The zero-order valence-electron chi connectivity index (χ0n) is 11.2. The van der Waals surface area contributed by atoms with Gasteiger partial charge in [0.25, 0.3) is 0 Å². The van der Waals surface area contributed by atoms with Gasteiger partial charge in [0.1, 0.15) is 11.7 Å². The number of amides is 4. The second kappa shape index (κ2) is 6.45. The maximum absolute atomic E-state index is 11.7. The minimum absolute atomic E-state index is 0.639. The summed E-state index contributed by atoms with van der Waals surface area (Å²) in [5.41, 5.74) is 0.877. The Balaban J connectivity index is 2.07. The van der Waals surface area contributed by atoms with Crippen LogP contribution >= 0.6 is 12.6 Å². The van der Waals surface area contributed by atoms with Gasteiger partial charge in [-0.2, -0.15) is 12.6 Å². The van der Waals surface area contributed by atoms with Crippen molar-refractivity contribution < 1.29 is 19.1 Å². The van der Waals surface area contributed by atoms with Gasteiger partial charge in [-0.3, -0.25) is 20.2 Å².